The molecule has 3 aromatic rings. The smallest absolute Gasteiger partial charge is 0.244 e. The van der Waals surface area contributed by atoms with Gasteiger partial charge in [-0.05, 0) is 18.2 Å². The molecule has 2 heterocycles. The number of aromatic nitrogens is 2. The number of hydrogen-bond donors (Lipinski definition) is 2. The van der Waals surface area contributed by atoms with Crippen molar-refractivity contribution < 1.29 is 14.2 Å². The summed E-state index contributed by atoms with van der Waals surface area (Å²) in [5.41, 5.74) is 2.65. The number of hydrogen-bond acceptors (Lipinski definition) is 6. The normalized spacial score (nSPS) is 17.6. The lowest BCUT2D eigenvalue weighted by Gasteiger charge is -2.29. The minimum atomic E-state index is -0.891. The Balaban J connectivity index is 1.99. The summed E-state index contributed by atoms with van der Waals surface area (Å²) < 4.78 is 16.6. The van der Waals surface area contributed by atoms with Crippen LogP contribution in [0.5, 0.6) is 17.4 Å². The first-order valence-corrected chi connectivity index (χ1v) is 9.66. The third kappa shape index (κ3) is 3.15. The molecule has 1 aliphatic rings. The van der Waals surface area contributed by atoms with Gasteiger partial charge in [0.25, 0.3) is 0 Å². The number of rotatable bonds is 4. The molecule has 1 aromatic heterocycles. The van der Waals surface area contributed by atoms with Gasteiger partial charge in [-0.15, -0.1) is 5.10 Å². The molecular weight excluding hydrogens is 427 g/mol. The minimum Gasteiger partial charge on any atom is -0.493 e. The summed E-state index contributed by atoms with van der Waals surface area (Å²) in [6.07, 6.45) is 0. The number of benzene rings is 2. The highest BCUT2D eigenvalue weighted by Crippen LogP contribution is 2.49. The zero-order chi connectivity index (χ0) is 21.4. The zero-order valence-electron chi connectivity index (χ0n) is 16.0. The first-order valence-electron chi connectivity index (χ1n) is 8.90. The van der Waals surface area contributed by atoms with Crippen LogP contribution in [-0.4, -0.2) is 30.3 Å². The van der Waals surface area contributed by atoms with Gasteiger partial charge in [0.15, 0.2) is 11.5 Å². The molecule has 0 fully saturated rings. The van der Waals surface area contributed by atoms with Gasteiger partial charge in [-0.25, -0.2) is 0 Å². The van der Waals surface area contributed by atoms with Crippen LogP contribution in [0.25, 0.3) is 11.3 Å². The average molecular weight is 443 g/mol. The lowest BCUT2D eigenvalue weighted by atomic mass is 9.78. The summed E-state index contributed by atoms with van der Waals surface area (Å²) in [6.45, 7) is 0. The Bertz CT molecular complexity index is 1190. The number of halogens is 2. The van der Waals surface area contributed by atoms with E-state index in [4.69, 9.17) is 42.8 Å². The van der Waals surface area contributed by atoms with Crippen LogP contribution < -0.4 is 14.2 Å². The van der Waals surface area contributed by atoms with Gasteiger partial charge < -0.3 is 14.2 Å². The van der Waals surface area contributed by atoms with E-state index in [1.807, 2.05) is 12.1 Å². The Morgan fingerprint density at radius 2 is 1.97 bits per heavy atom. The second kappa shape index (κ2) is 7.90. The SMILES string of the molecule is COc1cccc(C2c3c(n[nH]c3-c3ccc(Cl)c(Cl)c3)OC(=N)C2C#N)c1OC. The van der Waals surface area contributed by atoms with Crippen molar-refractivity contribution in [3.05, 3.63) is 57.6 Å². The van der Waals surface area contributed by atoms with Crippen LogP contribution in [-0.2, 0) is 0 Å². The molecule has 7 nitrogen and oxygen atoms in total. The van der Waals surface area contributed by atoms with E-state index < -0.39 is 11.8 Å². The average Bonchev–Trinajstić information content (AvgIpc) is 3.17. The van der Waals surface area contributed by atoms with E-state index in [1.54, 1.807) is 31.4 Å². The topological polar surface area (TPSA) is 104 Å². The van der Waals surface area contributed by atoms with Gasteiger partial charge in [-0.1, -0.05) is 41.4 Å². The van der Waals surface area contributed by atoms with Gasteiger partial charge >= 0.3 is 0 Å². The highest BCUT2D eigenvalue weighted by Gasteiger charge is 2.42. The van der Waals surface area contributed by atoms with E-state index in [2.05, 4.69) is 16.3 Å². The predicted octanol–water partition coefficient (Wildman–Crippen LogP) is 5.04. The zero-order valence-corrected chi connectivity index (χ0v) is 17.5. The van der Waals surface area contributed by atoms with Crippen molar-refractivity contribution in [2.75, 3.05) is 14.2 Å². The first kappa shape index (κ1) is 20.1. The van der Waals surface area contributed by atoms with Gasteiger partial charge in [0.1, 0.15) is 5.92 Å². The van der Waals surface area contributed by atoms with Gasteiger partial charge in [-0.3, -0.25) is 10.5 Å². The number of methoxy groups -OCH3 is 2. The van der Waals surface area contributed by atoms with E-state index >= 15 is 0 Å². The van der Waals surface area contributed by atoms with Crippen LogP contribution in [0.15, 0.2) is 36.4 Å². The number of para-hydroxylation sites is 1. The summed E-state index contributed by atoms with van der Waals surface area (Å²) in [5.74, 6) is -0.440. The summed E-state index contributed by atoms with van der Waals surface area (Å²) in [5, 5.41) is 26.1. The molecule has 0 amide bonds. The molecule has 2 atom stereocenters. The molecule has 0 aliphatic carbocycles. The molecule has 0 radical (unpaired) electrons. The fourth-order valence-corrected chi connectivity index (χ4v) is 3.98. The van der Waals surface area contributed by atoms with Crippen molar-refractivity contribution in [3.8, 4) is 34.7 Å². The maximum Gasteiger partial charge on any atom is 0.244 e. The largest absolute Gasteiger partial charge is 0.493 e. The maximum absolute atomic E-state index is 9.88. The van der Waals surface area contributed by atoms with Gasteiger partial charge in [0.05, 0.1) is 41.6 Å². The van der Waals surface area contributed by atoms with Crippen LogP contribution in [0.3, 0.4) is 0 Å². The van der Waals surface area contributed by atoms with Crippen LogP contribution in [0.2, 0.25) is 10.0 Å². The molecule has 30 heavy (non-hydrogen) atoms. The molecule has 2 N–H and O–H groups in total. The van der Waals surface area contributed by atoms with E-state index in [1.165, 1.54) is 7.11 Å². The quantitative estimate of drug-likeness (QED) is 0.588. The molecule has 0 saturated carbocycles. The van der Waals surface area contributed by atoms with Gasteiger partial charge in [0.2, 0.25) is 11.8 Å². The van der Waals surface area contributed by atoms with Crippen molar-refractivity contribution in [1.82, 2.24) is 10.2 Å². The molecule has 0 spiro atoms. The van der Waals surface area contributed by atoms with Gasteiger partial charge in [0, 0.05) is 17.0 Å². The highest BCUT2D eigenvalue weighted by atomic mass is 35.5. The molecule has 2 unspecified atom stereocenters. The molecular formula is C21H16Cl2N4O3. The fraction of sp³-hybridized carbons (Fsp3) is 0.190. The van der Waals surface area contributed by atoms with Gasteiger partial charge in [-0.2, -0.15) is 5.26 Å². The number of ether oxygens (including phenoxy) is 3. The van der Waals surface area contributed by atoms with Crippen LogP contribution >= 0.6 is 23.2 Å². The molecule has 1 aliphatic heterocycles. The summed E-state index contributed by atoms with van der Waals surface area (Å²) in [6, 6.07) is 12.8. The number of H-pyrrole nitrogens is 1. The Labute approximate surface area is 182 Å². The minimum absolute atomic E-state index is 0.188. The summed E-state index contributed by atoms with van der Waals surface area (Å²) in [7, 11) is 3.07. The molecule has 4 rings (SSSR count). The van der Waals surface area contributed by atoms with E-state index in [9.17, 15) is 5.26 Å². The number of nitrogens with one attached hydrogen (secondary N) is 2. The lowest BCUT2D eigenvalue weighted by Crippen LogP contribution is -2.31. The first-order chi connectivity index (χ1) is 14.5. The number of nitrogens with zero attached hydrogens (tertiary/aromatic N) is 2. The molecule has 9 heteroatoms. The second-order valence-electron chi connectivity index (χ2n) is 6.58. The summed E-state index contributed by atoms with van der Waals surface area (Å²) >= 11 is 12.3. The van der Waals surface area contributed by atoms with E-state index in [0.29, 0.717) is 38.4 Å². The predicted molar refractivity (Wildman–Crippen MR) is 113 cm³/mol. The lowest BCUT2D eigenvalue weighted by molar-refractivity contribution is 0.347. The van der Waals surface area contributed by atoms with Crippen LogP contribution in [0, 0.1) is 22.7 Å². The summed E-state index contributed by atoms with van der Waals surface area (Å²) in [4.78, 5) is 0. The number of aromatic amines is 1. The van der Waals surface area contributed by atoms with Crippen LogP contribution in [0.4, 0.5) is 0 Å². The molecule has 0 bridgehead atoms. The van der Waals surface area contributed by atoms with E-state index in [0.717, 1.165) is 5.56 Å². The molecule has 2 aromatic carbocycles. The third-order valence-corrected chi connectivity index (χ3v) is 5.76. The maximum atomic E-state index is 9.88. The number of fused-ring (bicyclic) bond motifs is 1. The fourth-order valence-electron chi connectivity index (χ4n) is 3.68. The Morgan fingerprint density at radius 3 is 2.63 bits per heavy atom. The Kier molecular flexibility index (Phi) is 5.29. The molecule has 152 valence electrons. The van der Waals surface area contributed by atoms with Crippen molar-refractivity contribution in [2.45, 2.75) is 5.92 Å². The van der Waals surface area contributed by atoms with Crippen LogP contribution in [0.1, 0.15) is 17.0 Å². The monoisotopic (exact) mass is 442 g/mol. The Hall–Kier alpha value is -3.21. The second-order valence-corrected chi connectivity index (χ2v) is 7.39. The number of nitriles is 1. The van der Waals surface area contributed by atoms with E-state index in [-0.39, 0.29) is 11.8 Å². The van der Waals surface area contributed by atoms with Crippen molar-refractivity contribution in [2.24, 2.45) is 5.92 Å². The molecule has 0 saturated heterocycles. The van der Waals surface area contributed by atoms with Crippen molar-refractivity contribution >= 4 is 29.1 Å². The van der Waals surface area contributed by atoms with Crippen molar-refractivity contribution in [1.29, 1.82) is 10.7 Å². The standard InChI is InChI=1S/C21H16Cl2N4O3/c1-28-15-5-3-4-11(19(15)29-2)16-12(9-24)20(25)30-21-17(16)18(26-27-21)10-6-7-13(22)14(23)8-10/h3-8,12,16,25H,1-2H3,(H,26,27). The Morgan fingerprint density at radius 1 is 1.17 bits per heavy atom. The van der Waals surface area contributed by atoms with Crippen molar-refractivity contribution in [3.63, 3.8) is 0 Å². The third-order valence-electron chi connectivity index (χ3n) is 5.02. The highest BCUT2D eigenvalue weighted by molar-refractivity contribution is 6.42.